The van der Waals surface area contributed by atoms with Crippen LogP contribution in [0.15, 0.2) is 42.5 Å². The van der Waals surface area contributed by atoms with Crippen molar-refractivity contribution < 1.29 is 9.66 Å². The zero-order valence-electron chi connectivity index (χ0n) is 11.7. The van der Waals surface area contributed by atoms with Crippen molar-refractivity contribution in [2.45, 2.75) is 13.0 Å². The van der Waals surface area contributed by atoms with E-state index in [0.29, 0.717) is 10.8 Å². The molecule has 0 saturated heterocycles. The minimum absolute atomic E-state index is 0.0675. The number of nitrogens with one attached hydrogen (secondary N) is 1. The van der Waals surface area contributed by atoms with Crippen LogP contribution in [-0.4, -0.2) is 12.0 Å². The Balaban J connectivity index is 2.23. The minimum atomic E-state index is -0.408. The molecule has 0 saturated carbocycles. The molecule has 0 radical (unpaired) electrons. The fourth-order valence-corrected chi connectivity index (χ4v) is 2.14. The molecule has 2 aromatic rings. The third-order valence-corrected chi connectivity index (χ3v) is 3.46. The van der Waals surface area contributed by atoms with Crippen LogP contribution in [0.5, 0.6) is 5.75 Å². The van der Waals surface area contributed by atoms with E-state index < -0.39 is 4.92 Å². The predicted octanol–water partition coefficient (Wildman–Crippen LogP) is 4.43. The molecule has 2 aromatic carbocycles. The number of nitro groups is 1. The zero-order valence-corrected chi connectivity index (χ0v) is 12.4. The van der Waals surface area contributed by atoms with Gasteiger partial charge in [-0.3, -0.25) is 10.1 Å². The first-order valence-electron chi connectivity index (χ1n) is 6.35. The second kappa shape index (κ2) is 6.45. The van der Waals surface area contributed by atoms with Crippen molar-refractivity contribution >= 4 is 23.0 Å². The molecule has 6 heteroatoms. The van der Waals surface area contributed by atoms with Gasteiger partial charge in [0.2, 0.25) is 0 Å². The molecule has 0 amide bonds. The Kier molecular flexibility index (Phi) is 4.65. The Morgan fingerprint density at radius 2 is 2.05 bits per heavy atom. The lowest BCUT2D eigenvalue weighted by Crippen LogP contribution is -2.07. The number of non-ortho nitro benzene ring substituents is 1. The highest BCUT2D eigenvalue weighted by Crippen LogP contribution is 2.30. The largest absolute Gasteiger partial charge is 0.497 e. The van der Waals surface area contributed by atoms with Crippen molar-refractivity contribution in [1.82, 2.24) is 0 Å². The number of anilines is 1. The van der Waals surface area contributed by atoms with E-state index in [2.05, 4.69) is 5.32 Å². The molecule has 1 unspecified atom stereocenters. The lowest BCUT2D eigenvalue weighted by molar-refractivity contribution is -0.384. The first-order valence-corrected chi connectivity index (χ1v) is 6.73. The van der Waals surface area contributed by atoms with Gasteiger partial charge in [-0.1, -0.05) is 23.7 Å². The van der Waals surface area contributed by atoms with Crippen molar-refractivity contribution in [3.05, 3.63) is 63.2 Å². The molecule has 0 bridgehead atoms. The van der Waals surface area contributed by atoms with Crippen LogP contribution in [0.3, 0.4) is 0 Å². The Bertz CT molecular complexity index is 661. The van der Waals surface area contributed by atoms with E-state index in [1.165, 1.54) is 6.07 Å². The zero-order chi connectivity index (χ0) is 15.4. The second-order valence-electron chi connectivity index (χ2n) is 4.56. The number of hydrogen-bond acceptors (Lipinski definition) is 4. The van der Waals surface area contributed by atoms with E-state index in [9.17, 15) is 10.1 Å². The van der Waals surface area contributed by atoms with Gasteiger partial charge in [-0.05, 0) is 24.6 Å². The monoisotopic (exact) mass is 306 g/mol. The molecule has 0 spiro atoms. The quantitative estimate of drug-likeness (QED) is 0.655. The molecular formula is C15H15ClN2O3. The van der Waals surface area contributed by atoms with Crippen LogP contribution in [0.1, 0.15) is 18.5 Å². The number of nitro benzene ring substituents is 1. The molecule has 0 aliphatic rings. The SMILES string of the molecule is COc1ccc(Cl)c(NC(C)c2cccc([N+](=O)[O-])c2)c1. The van der Waals surface area contributed by atoms with E-state index in [4.69, 9.17) is 16.3 Å². The van der Waals surface area contributed by atoms with Crippen LogP contribution in [0.25, 0.3) is 0 Å². The van der Waals surface area contributed by atoms with E-state index in [1.807, 2.05) is 13.0 Å². The van der Waals surface area contributed by atoms with Crippen molar-refractivity contribution in [2.75, 3.05) is 12.4 Å². The summed E-state index contributed by atoms with van der Waals surface area (Å²) in [6, 6.07) is 11.7. The number of ether oxygens (including phenoxy) is 1. The van der Waals surface area contributed by atoms with E-state index in [1.54, 1.807) is 37.4 Å². The maximum absolute atomic E-state index is 10.8. The van der Waals surface area contributed by atoms with Crippen LogP contribution in [0.2, 0.25) is 5.02 Å². The van der Waals surface area contributed by atoms with Crippen LogP contribution in [0, 0.1) is 10.1 Å². The lowest BCUT2D eigenvalue weighted by Gasteiger charge is -2.17. The maximum Gasteiger partial charge on any atom is 0.269 e. The molecule has 110 valence electrons. The number of nitrogens with zero attached hydrogens (tertiary/aromatic N) is 1. The van der Waals surface area contributed by atoms with Crippen LogP contribution >= 0.6 is 11.6 Å². The van der Waals surface area contributed by atoms with Gasteiger partial charge in [0.15, 0.2) is 0 Å². The molecule has 0 heterocycles. The third kappa shape index (κ3) is 3.64. The van der Waals surface area contributed by atoms with Crippen molar-refractivity contribution in [2.24, 2.45) is 0 Å². The van der Waals surface area contributed by atoms with E-state index >= 15 is 0 Å². The van der Waals surface area contributed by atoms with Gasteiger partial charge in [-0.2, -0.15) is 0 Å². The molecule has 1 N–H and O–H groups in total. The average Bonchev–Trinajstić information content (AvgIpc) is 2.49. The molecule has 1 atom stereocenters. The van der Waals surface area contributed by atoms with Gasteiger partial charge in [-0.15, -0.1) is 0 Å². The summed E-state index contributed by atoms with van der Waals surface area (Å²) >= 11 is 6.14. The van der Waals surface area contributed by atoms with E-state index in [0.717, 1.165) is 11.3 Å². The van der Waals surface area contributed by atoms with Gasteiger partial charge in [0.25, 0.3) is 5.69 Å². The second-order valence-corrected chi connectivity index (χ2v) is 4.97. The maximum atomic E-state index is 10.8. The number of rotatable bonds is 5. The summed E-state index contributed by atoms with van der Waals surface area (Å²) in [5.74, 6) is 0.688. The summed E-state index contributed by atoms with van der Waals surface area (Å²) < 4.78 is 5.16. The summed E-state index contributed by atoms with van der Waals surface area (Å²) in [5, 5.41) is 14.6. The average molecular weight is 307 g/mol. The Morgan fingerprint density at radius 1 is 1.29 bits per heavy atom. The van der Waals surface area contributed by atoms with Gasteiger partial charge in [0.05, 0.1) is 22.7 Å². The molecule has 0 aliphatic heterocycles. The summed E-state index contributed by atoms with van der Waals surface area (Å²) in [6.07, 6.45) is 0. The smallest absolute Gasteiger partial charge is 0.269 e. The highest BCUT2D eigenvalue weighted by Gasteiger charge is 2.12. The molecule has 0 aromatic heterocycles. The molecule has 21 heavy (non-hydrogen) atoms. The minimum Gasteiger partial charge on any atom is -0.497 e. The number of benzene rings is 2. The number of hydrogen-bond donors (Lipinski definition) is 1. The summed E-state index contributed by atoms with van der Waals surface area (Å²) in [4.78, 5) is 10.4. The topological polar surface area (TPSA) is 64.4 Å². The highest BCUT2D eigenvalue weighted by atomic mass is 35.5. The molecule has 5 nitrogen and oxygen atoms in total. The first kappa shape index (κ1) is 15.1. The molecule has 0 fully saturated rings. The van der Waals surface area contributed by atoms with Crippen LogP contribution in [-0.2, 0) is 0 Å². The Hall–Kier alpha value is -2.27. The van der Waals surface area contributed by atoms with Crippen molar-refractivity contribution in [3.8, 4) is 5.75 Å². The summed E-state index contributed by atoms with van der Waals surface area (Å²) in [5.41, 5.74) is 1.59. The Labute approximate surface area is 127 Å². The predicted molar refractivity (Wildman–Crippen MR) is 83.1 cm³/mol. The van der Waals surface area contributed by atoms with Crippen molar-refractivity contribution in [3.63, 3.8) is 0 Å². The van der Waals surface area contributed by atoms with Gasteiger partial charge in [0.1, 0.15) is 5.75 Å². The van der Waals surface area contributed by atoms with E-state index in [-0.39, 0.29) is 11.7 Å². The molecule has 0 aliphatic carbocycles. The van der Waals surface area contributed by atoms with Crippen LogP contribution < -0.4 is 10.1 Å². The molecule has 2 rings (SSSR count). The highest BCUT2D eigenvalue weighted by molar-refractivity contribution is 6.33. The van der Waals surface area contributed by atoms with Crippen molar-refractivity contribution in [1.29, 1.82) is 0 Å². The standard InChI is InChI=1S/C15H15ClN2O3/c1-10(11-4-3-5-12(8-11)18(19)20)17-15-9-13(21-2)6-7-14(15)16/h3-10,17H,1-2H3. The first-order chi connectivity index (χ1) is 10.0. The summed E-state index contributed by atoms with van der Waals surface area (Å²) in [7, 11) is 1.58. The van der Waals surface area contributed by atoms with Gasteiger partial charge >= 0.3 is 0 Å². The fourth-order valence-electron chi connectivity index (χ4n) is 1.97. The van der Waals surface area contributed by atoms with Crippen LogP contribution in [0.4, 0.5) is 11.4 Å². The number of halogens is 1. The fraction of sp³-hybridized carbons (Fsp3) is 0.200. The Morgan fingerprint density at radius 3 is 2.71 bits per heavy atom. The van der Waals surface area contributed by atoms with Gasteiger partial charge < -0.3 is 10.1 Å². The third-order valence-electron chi connectivity index (χ3n) is 3.13. The lowest BCUT2D eigenvalue weighted by atomic mass is 10.1. The normalized spacial score (nSPS) is 11.8. The summed E-state index contributed by atoms with van der Waals surface area (Å²) in [6.45, 7) is 1.91. The molecular weight excluding hydrogens is 292 g/mol. The van der Waals surface area contributed by atoms with Gasteiger partial charge in [-0.25, -0.2) is 0 Å². The van der Waals surface area contributed by atoms with Gasteiger partial charge in [0, 0.05) is 24.2 Å². The number of methoxy groups -OCH3 is 1.